The number of hydrogen-bond acceptors (Lipinski definition) is 4. The van der Waals surface area contributed by atoms with E-state index in [-0.39, 0.29) is 0 Å². The Morgan fingerprint density at radius 3 is 3.12 bits per heavy atom. The van der Waals surface area contributed by atoms with E-state index in [1.807, 2.05) is 0 Å². The Hall–Kier alpha value is -1.10. The molecule has 1 atom stereocenters. The fraction of sp³-hybridized carbons (Fsp3) is 0.818. The molecule has 1 aromatic rings. The van der Waals surface area contributed by atoms with E-state index < -0.39 is 0 Å². The smallest absolute Gasteiger partial charge is 0.242 e. The number of H-pyrrole nitrogens is 1. The highest BCUT2D eigenvalue weighted by Gasteiger charge is 2.15. The first kappa shape index (κ1) is 11.4. The van der Waals surface area contributed by atoms with Crippen LogP contribution in [0.3, 0.4) is 0 Å². The summed E-state index contributed by atoms with van der Waals surface area (Å²) in [7, 11) is 0. The Morgan fingerprint density at radius 2 is 2.44 bits per heavy atom. The van der Waals surface area contributed by atoms with Gasteiger partial charge in [-0.1, -0.05) is 13.8 Å². The monoisotopic (exact) mass is 224 g/mol. The first-order valence-corrected chi connectivity index (χ1v) is 6.01. The summed E-state index contributed by atoms with van der Waals surface area (Å²) >= 11 is 0. The Kier molecular flexibility index (Phi) is 3.77. The van der Waals surface area contributed by atoms with E-state index in [1.54, 1.807) is 0 Å². The van der Waals surface area contributed by atoms with Gasteiger partial charge >= 0.3 is 0 Å². The van der Waals surface area contributed by atoms with E-state index in [9.17, 15) is 0 Å². The molecule has 1 aliphatic heterocycles. The maximum atomic E-state index is 5.52. The van der Waals surface area contributed by atoms with E-state index in [1.165, 1.54) is 6.42 Å². The van der Waals surface area contributed by atoms with Crippen molar-refractivity contribution >= 4 is 5.95 Å². The van der Waals surface area contributed by atoms with Crippen LogP contribution in [-0.2, 0) is 11.2 Å². The molecule has 0 radical (unpaired) electrons. The minimum Gasteiger partial charge on any atom is -0.376 e. The van der Waals surface area contributed by atoms with Gasteiger partial charge in [-0.15, -0.1) is 5.10 Å². The Labute approximate surface area is 96.0 Å². The molecule has 0 aromatic carbocycles. The lowest BCUT2D eigenvalue weighted by Crippen LogP contribution is -2.18. The number of ether oxygens (including phenoxy) is 1. The normalized spacial score (nSPS) is 20.6. The Morgan fingerprint density at radius 1 is 1.56 bits per heavy atom. The second-order valence-electron chi connectivity index (χ2n) is 4.72. The highest BCUT2D eigenvalue weighted by Crippen LogP contribution is 2.12. The summed E-state index contributed by atoms with van der Waals surface area (Å²) in [6.07, 6.45) is 3.57. The van der Waals surface area contributed by atoms with Crippen LogP contribution in [0.1, 0.15) is 32.5 Å². The largest absolute Gasteiger partial charge is 0.376 e. The van der Waals surface area contributed by atoms with Crippen LogP contribution >= 0.6 is 0 Å². The highest BCUT2D eigenvalue weighted by atomic mass is 16.5. The standard InChI is InChI=1S/C11H20N4O/c1-8(2)6-10-13-11(15-14-10)12-7-9-4-3-5-16-9/h8-9H,3-7H2,1-2H3,(H2,12,13,14,15). The summed E-state index contributed by atoms with van der Waals surface area (Å²) in [6.45, 7) is 6.03. The summed E-state index contributed by atoms with van der Waals surface area (Å²) in [6, 6.07) is 0. The Bertz CT molecular complexity index is 318. The van der Waals surface area contributed by atoms with Crippen LogP contribution in [0.25, 0.3) is 0 Å². The number of nitrogens with zero attached hydrogens (tertiary/aromatic N) is 2. The number of nitrogens with one attached hydrogen (secondary N) is 2. The van der Waals surface area contributed by atoms with Gasteiger partial charge in [0.25, 0.3) is 0 Å². The molecule has 1 unspecified atom stereocenters. The molecule has 16 heavy (non-hydrogen) atoms. The molecular weight excluding hydrogens is 204 g/mol. The van der Waals surface area contributed by atoms with E-state index in [0.29, 0.717) is 18.0 Å². The number of aromatic nitrogens is 3. The molecule has 90 valence electrons. The van der Waals surface area contributed by atoms with Crippen LogP contribution in [0.4, 0.5) is 5.95 Å². The van der Waals surface area contributed by atoms with Gasteiger partial charge in [0, 0.05) is 19.6 Å². The first-order chi connectivity index (χ1) is 7.74. The van der Waals surface area contributed by atoms with Crippen molar-refractivity contribution in [1.29, 1.82) is 0 Å². The van der Waals surface area contributed by atoms with E-state index in [2.05, 4.69) is 34.3 Å². The van der Waals surface area contributed by atoms with E-state index in [4.69, 9.17) is 4.74 Å². The Balaban J connectivity index is 1.78. The van der Waals surface area contributed by atoms with Crippen molar-refractivity contribution in [3.8, 4) is 0 Å². The van der Waals surface area contributed by atoms with Crippen molar-refractivity contribution in [3.63, 3.8) is 0 Å². The zero-order valence-corrected chi connectivity index (χ0v) is 9.99. The van der Waals surface area contributed by atoms with Gasteiger partial charge in [0.05, 0.1) is 6.10 Å². The molecule has 0 spiro atoms. The van der Waals surface area contributed by atoms with E-state index >= 15 is 0 Å². The van der Waals surface area contributed by atoms with Crippen molar-refractivity contribution in [2.24, 2.45) is 5.92 Å². The number of anilines is 1. The predicted molar refractivity (Wildman–Crippen MR) is 62.4 cm³/mol. The van der Waals surface area contributed by atoms with Gasteiger partial charge in [-0.2, -0.15) is 4.98 Å². The van der Waals surface area contributed by atoms with Gasteiger partial charge in [-0.05, 0) is 18.8 Å². The van der Waals surface area contributed by atoms with Crippen LogP contribution in [0.5, 0.6) is 0 Å². The molecule has 0 amide bonds. The predicted octanol–water partition coefficient (Wildman–Crippen LogP) is 1.59. The molecule has 0 saturated carbocycles. The van der Waals surface area contributed by atoms with Crippen molar-refractivity contribution in [2.75, 3.05) is 18.5 Å². The quantitative estimate of drug-likeness (QED) is 0.797. The third-order valence-electron chi connectivity index (χ3n) is 2.65. The summed E-state index contributed by atoms with van der Waals surface area (Å²) in [5, 5.41) is 10.3. The average Bonchev–Trinajstić information content (AvgIpc) is 2.84. The summed E-state index contributed by atoms with van der Waals surface area (Å²) in [5.41, 5.74) is 0. The van der Waals surface area contributed by atoms with Gasteiger partial charge < -0.3 is 10.1 Å². The zero-order chi connectivity index (χ0) is 11.4. The summed E-state index contributed by atoms with van der Waals surface area (Å²) < 4.78 is 5.52. The third kappa shape index (κ3) is 3.20. The number of aromatic amines is 1. The maximum absolute atomic E-state index is 5.52. The molecule has 1 saturated heterocycles. The van der Waals surface area contributed by atoms with Gasteiger partial charge in [0.1, 0.15) is 5.82 Å². The minimum atomic E-state index is 0.326. The van der Waals surface area contributed by atoms with Crippen molar-refractivity contribution in [1.82, 2.24) is 15.2 Å². The number of hydrogen-bond donors (Lipinski definition) is 2. The van der Waals surface area contributed by atoms with Gasteiger partial charge in [0.15, 0.2) is 0 Å². The molecular formula is C11H20N4O. The van der Waals surface area contributed by atoms with E-state index in [0.717, 1.165) is 31.8 Å². The zero-order valence-electron chi connectivity index (χ0n) is 9.99. The lowest BCUT2D eigenvalue weighted by molar-refractivity contribution is 0.120. The number of rotatable bonds is 5. The highest BCUT2D eigenvalue weighted by molar-refractivity contribution is 5.22. The molecule has 1 aromatic heterocycles. The lowest BCUT2D eigenvalue weighted by Gasteiger charge is -2.08. The molecule has 1 fully saturated rings. The average molecular weight is 224 g/mol. The van der Waals surface area contributed by atoms with Gasteiger partial charge in [-0.3, -0.25) is 5.10 Å². The molecule has 1 aliphatic rings. The van der Waals surface area contributed by atoms with Crippen LogP contribution < -0.4 is 5.32 Å². The summed E-state index contributed by atoms with van der Waals surface area (Å²) in [4.78, 5) is 4.38. The second kappa shape index (κ2) is 5.30. The SMILES string of the molecule is CC(C)Cc1nc(NCC2CCCO2)n[nH]1. The lowest BCUT2D eigenvalue weighted by atomic mass is 10.1. The van der Waals surface area contributed by atoms with Crippen molar-refractivity contribution in [2.45, 2.75) is 39.2 Å². The van der Waals surface area contributed by atoms with Crippen molar-refractivity contribution in [3.05, 3.63) is 5.82 Å². The van der Waals surface area contributed by atoms with Crippen molar-refractivity contribution < 1.29 is 4.74 Å². The maximum Gasteiger partial charge on any atom is 0.242 e. The molecule has 2 N–H and O–H groups in total. The molecule has 5 nitrogen and oxygen atoms in total. The molecule has 2 rings (SSSR count). The second-order valence-corrected chi connectivity index (χ2v) is 4.72. The van der Waals surface area contributed by atoms with Crippen LogP contribution in [-0.4, -0.2) is 34.4 Å². The summed E-state index contributed by atoms with van der Waals surface area (Å²) in [5.74, 6) is 2.23. The van der Waals surface area contributed by atoms with Crippen LogP contribution in [0, 0.1) is 5.92 Å². The first-order valence-electron chi connectivity index (χ1n) is 6.01. The van der Waals surface area contributed by atoms with Gasteiger partial charge in [0.2, 0.25) is 5.95 Å². The van der Waals surface area contributed by atoms with Crippen LogP contribution in [0.15, 0.2) is 0 Å². The minimum absolute atomic E-state index is 0.326. The topological polar surface area (TPSA) is 62.8 Å². The van der Waals surface area contributed by atoms with Gasteiger partial charge in [-0.25, -0.2) is 0 Å². The molecule has 0 aliphatic carbocycles. The fourth-order valence-corrected chi connectivity index (χ4v) is 1.86. The molecule has 5 heteroatoms. The third-order valence-corrected chi connectivity index (χ3v) is 2.65. The van der Waals surface area contributed by atoms with Crippen LogP contribution in [0.2, 0.25) is 0 Å². The molecule has 0 bridgehead atoms. The molecule has 2 heterocycles. The fourth-order valence-electron chi connectivity index (χ4n) is 1.86.